The highest BCUT2D eigenvalue weighted by molar-refractivity contribution is 5.82. The first-order valence-corrected chi connectivity index (χ1v) is 9.03. The topological polar surface area (TPSA) is 49.0 Å². The van der Waals surface area contributed by atoms with E-state index in [1.807, 2.05) is 48.3 Å². The summed E-state index contributed by atoms with van der Waals surface area (Å²) in [5.74, 6) is 0.576. The Kier molecular flexibility index (Phi) is 3.91. The summed E-state index contributed by atoms with van der Waals surface area (Å²) in [4.78, 5) is 14.6. The maximum atomic E-state index is 12.8. The van der Waals surface area contributed by atoms with Crippen molar-refractivity contribution < 1.29 is 4.79 Å². The van der Waals surface area contributed by atoms with E-state index in [0.717, 1.165) is 23.4 Å². The van der Waals surface area contributed by atoms with Crippen LogP contribution in [-0.4, -0.2) is 28.1 Å². The van der Waals surface area contributed by atoms with Gasteiger partial charge in [-0.3, -0.25) is 9.89 Å². The van der Waals surface area contributed by atoms with Crippen LogP contribution in [0, 0.1) is 11.3 Å². The quantitative estimate of drug-likeness (QED) is 0.924. The van der Waals surface area contributed by atoms with Crippen LogP contribution in [0.2, 0.25) is 0 Å². The minimum absolute atomic E-state index is 0.263. The summed E-state index contributed by atoms with van der Waals surface area (Å²) in [7, 11) is 1.92. The smallest absolute Gasteiger partial charge is 0.226 e. The van der Waals surface area contributed by atoms with Crippen LogP contribution < -0.4 is 0 Å². The molecule has 2 saturated carbocycles. The zero-order valence-electron chi connectivity index (χ0n) is 14.3. The Labute approximate surface area is 143 Å². The highest BCUT2D eigenvalue weighted by Crippen LogP contribution is 2.61. The third-order valence-corrected chi connectivity index (χ3v) is 5.82. The minimum Gasteiger partial charge on any atom is -0.340 e. The Bertz CT molecular complexity index is 715. The number of rotatable bonds is 4. The summed E-state index contributed by atoms with van der Waals surface area (Å²) in [6.45, 7) is 0.602. The molecular formula is C20H25N3O. The molecular weight excluding hydrogens is 298 g/mol. The molecule has 2 fully saturated rings. The van der Waals surface area contributed by atoms with Crippen LogP contribution in [0.5, 0.6) is 0 Å². The van der Waals surface area contributed by atoms with E-state index in [-0.39, 0.29) is 5.92 Å². The summed E-state index contributed by atoms with van der Waals surface area (Å²) in [6, 6.07) is 12.2. The number of benzene rings is 1. The average Bonchev–Trinajstić information content (AvgIpc) is 3.09. The van der Waals surface area contributed by atoms with E-state index in [9.17, 15) is 4.79 Å². The molecule has 4 rings (SSSR count). The summed E-state index contributed by atoms with van der Waals surface area (Å²) >= 11 is 0. The Morgan fingerprint density at radius 1 is 1.25 bits per heavy atom. The van der Waals surface area contributed by atoms with Crippen LogP contribution in [0.15, 0.2) is 36.4 Å². The zero-order valence-corrected chi connectivity index (χ0v) is 14.3. The van der Waals surface area contributed by atoms with Crippen LogP contribution in [0.1, 0.15) is 44.2 Å². The highest BCUT2D eigenvalue weighted by atomic mass is 16.2. The number of amides is 1. The molecule has 4 nitrogen and oxygen atoms in total. The van der Waals surface area contributed by atoms with Crippen LogP contribution >= 0.6 is 0 Å². The molecule has 1 heterocycles. The Morgan fingerprint density at radius 3 is 2.75 bits per heavy atom. The Balaban J connectivity index is 1.39. The molecule has 0 bridgehead atoms. The van der Waals surface area contributed by atoms with E-state index >= 15 is 0 Å². The number of aromatic amines is 1. The predicted octanol–water partition coefficient (Wildman–Crippen LogP) is 4.01. The first-order valence-electron chi connectivity index (χ1n) is 9.03. The first kappa shape index (κ1) is 15.4. The van der Waals surface area contributed by atoms with Crippen molar-refractivity contribution in [3.63, 3.8) is 0 Å². The zero-order chi connectivity index (χ0) is 16.6. The van der Waals surface area contributed by atoms with Crippen LogP contribution in [0.3, 0.4) is 0 Å². The Morgan fingerprint density at radius 2 is 2.00 bits per heavy atom. The normalized spacial score (nSPS) is 21.6. The molecule has 0 radical (unpaired) electrons. The Hall–Kier alpha value is -2.10. The number of carbonyl (C=O) groups is 1. The van der Waals surface area contributed by atoms with Crippen molar-refractivity contribution in [3.05, 3.63) is 42.1 Å². The molecule has 24 heavy (non-hydrogen) atoms. The molecule has 126 valence electrons. The van der Waals surface area contributed by atoms with Crippen LogP contribution in [-0.2, 0) is 11.3 Å². The standard InChI is InChI=1S/C20H25N3O/c1-23(19(24)17-13-20(17)10-6-3-7-11-20)14-16-12-18(22-21-16)15-8-4-2-5-9-15/h2,4-5,8-9,12,17H,3,6-7,10-11,13-14H2,1H3,(H,21,22). The van der Waals surface area contributed by atoms with Crippen molar-refractivity contribution in [1.29, 1.82) is 0 Å². The molecule has 1 amide bonds. The van der Waals surface area contributed by atoms with Crippen molar-refractivity contribution in [2.75, 3.05) is 7.05 Å². The maximum Gasteiger partial charge on any atom is 0.226 e. The second kappa shape index (κ2) is 6.08. The third kappa shape index (κ3) is 2.85. The monoisotopic (exact) mass is 323 g/mol. The van der Waals surface area contributed by atoms with Gasteiger partial charge in [-0.15, -0.1) is 0 Å². The van der Waals surface area contributed by atoms with Gasteiger partial charge in [0.1, 0.15) is 0 Å². The lowest BCUT2D eigenvalue weighted by molar-refractivity contribution is -0.132. The predicted molar refractivity (Wildman–Crippen MR) is 94.1 cm³/mol. The molecule has 1 spiro atoms. The lowest BCUT2D eigenvalue weighted by Crippen LogP contribution is -2.30. The number of nitrogens with zero attached hydrogens (tertiary/aromatic N) is 2. The molecule has 1 unspecified atom stereocenters. The molecule has 1 aromatic carbocycles. The van der Waals surface area contributed by atoms with Gasteiger partial charge in [0.15, 0.2) is 0 Å². The second-order valence-corrected chi connectivity index (χ2v) is 7.52. The second-order valence-electron chi connectivity index (χ2n) is 7.52. The number of carbonyl (C=O) groups excluding carboxylic acids is 1. The van der Waals surface area contributed by atoms with Crippen molar-refractivity contribution in [2.24, 2.45) is 11.3 Å². The molecule has 4 heteroatoms. The summed E-state index contributed by atoms with van der Waals surface area (Å²) < 4.78 is 0. The van der Waals surface area contributed by atoms with Gasteiger partial charge in [0.25, 0.3) is 0 Å². The lowest BCUT2D eigenvalue weighted by Gasteiger charge is -2.24. The fourth-order valence-electron chi connectivity index (χ4n) is 4.30. The van der Waals surface area contributed by atoms with E-state index in [4.69, 9.17) is 0 Å². The van der Waals surface area contributed by atoms with E-state index in [1.54, 1.807) is 0 Å². The number of hydrogen-bond donors (Lipinski definition) is 1. The van der Waals surface area contributed by atoms with Gasteiger partial charge in [-0.1, -0.05) is 49.6 Å². The van der Waals surface area contributed by atoms with Gasteiger partial charge in [-0.2, -0.15) is 5.10 Å². The minimum atomic E-state index is 0.263. The van der Waals surface area contributed by atoms with Crippen LogP contribution in [0.25, 0.3) is 11.3 Å². The average molecular weight is 323 g/mol. The molecule has 2 aliphatic carbocycles. The summed E-state index contributed by atoms with van der Waals surface area (Å²) in [6.07, 6.45) is 7.55. The van der Waals surface area contributed by atoms with Gasteiger partial charge in [0, 0.05) is 18.5 Å². The van der Waals surface area contributed by atoms with E-state index in [0.29, 0.717) is 17.9 Å². The third-order valence-electron chi connectivity index (χ3n) is 5.82. The number of hydrogen-bond acceptors (Lipinski definition) is 2. The van der Waals surface area contributed by atoms with Crippen molar-refractivity contribution in [2.45, 2.75) is 45.1 Å². The van der Waals surface area contributed by atoms with Crippen molar-refractivity contribution >= 4 is 5.91 Å². The SMILES string of the molecule is CN(Cc1cc(-c2ccccc2)n[nH]1)C(=O)C1CC12CCCCC2. The fourth-order valence-corrected chi connectivity index (χ4v) is 4.30. The molecule has 1 N–H and O–H groups in total. The number of nitrogens with one attached hydrogen (secondary N) is 1. The summed E-state index contributed by atoms with van der Waals surface area (Å²) in [5, 5.41) is 7.46. The van der Waals surface area contributed by atoms with Gasteiger partial charge in [0.2, 0.25) is 5.91 Å². The number of aromatic nitrogens is 2. The number of H-pyrrole nitrogens is 1. The maximum absolute atomic E-state index is 12.8. The van der Waals surface area contributed by atoms with Gasteiger partial charge in [-0.05, 0) is 30.7 Å². The first-order chi connectivity index (χ1) is 11.7. The molecule has 1 aromatic heterocycles. The van der Waals surface area contributed by atoms with Gasteiger partial charge in [-0.25, -0.2) is 0 Å². The molecule has 2 aliphatic rings. The van der Waals surface area contributed by atoms with E-state index < -0.39 is 0 Å². The van der Waals surface area contributed by atoms with Crippen molar-refractivity contribution in [1.82, 2.24) is 15.1 Å². The van der Waals surface area contributed by atoms with Crippen LogP contribution in [0.4, 0.5) is 0 Å². The van der Waals surface area contributed by atoms with Crippen molar-refractivity contribution in [3.8, 4) is 11.3 Å². The molecule has 0 aliphatic heterocycles. The molecule has 2 aromatic rings. The van der Waals surface area contributed by atoms with E-state index in [2.05, 4.69) is 10.2 Å². The molecule has 1 atom stereocenters. The highest BCUT2D eigenvalue weighted by Gasteiger charge is 2.58. The molecule has 0 saturated heterocycles. The fraction of sp³-hybridized carbons (Fsp3) is 0.500. The van der Waals surface area contributed by atoms with Gasteiger partial charge in [0.05, 0.1) is 17.9 Å². The largest absolute Gasteiger partial charge is 0.340 e. The summed E-state index contributed by atoms with van der Waals surface area (Å²) in [5.41, 5.74) is 3.37. The van der Waals surface area contributed by atoms with E-state index in [1.165, 1.54) is 32.1 Å². The lowest BCUT2D eigenvalue weighted by atomic mass is 9.84. The van der Waals surface area contributed by atoms with Gasteiger partial charge >= 0.3 is 0 Å². The van der Waals surface area contributed by atoms with Gasteiger partial charge < -0.3 is 4.90 Å².